The first-order valence-electron chi connectivity index (χ1n) is 5.92. The Morgan fingerprint density at radius 1 is 1.50 bits per heavy atom. The second-order valence-electron chi connectivity index (χ2n) is 4.30. The van der Waals surface area contributed by atoms with Crippen molar-refractivity contribution in [2.75, 3.05) is 25.2 Å². The Kier molecular flexibility index (Phi) is 6.10. The molecular formula is C12H20N4O2. The summed E-state index contributed by atoms with van der Waals surface area (Å²) in [6, 6.07) is 3.30. The van der Waals surface area contributed by atoms with E-state index in [1.807, 2.05) is 0 Å². The first-order chi connectivity index (χ1) is 8.63. The summed E-state index contributed by atoms with van der Waals surface area (Å²) < 4.78 is 5.36. The van der Waals surface area contributed by atoms with Gasteiger partial charge in [0.25, 0.3) is 5.91 Å². The van der Waals surface area contributed by atoms with Crippen molar-refractivity contribution in [3.63, 3.8) is 0 Å². The van der Waals surface area contributed by atoms with Crippen LogP contribution in [-0.2, 0) is 4.74 Å². The van der Waals surface area contributed by atoms with Gasteiger partial charge in [0, 0.05) is 13.2 Å². The Labute approximate surface area is 107 Å². The van der Waals surface area contributed by atoms with Gasteiger partial charge in [0.05, 0.1) is 18.5 Å². The Morgan fingerprint density at radius 3 is 2.83 bits per heavy atom. The van der Waals surface area contributed by atoms with Gasteiger partial charge in [-0.25, -0.2) is 4.98 Å². The molecule has 6 nitrogen and oxygen atoms in total. The van der Waals surface area contributed by atoms with Gasteiger partial charge < -0.3 is 15.5 Å². The van der Waals surface area contributed by atoms with Crippen molar-refractivity contribution in [2.24, 2.45) is 11.8 Å². The molecule has 4 N–H and O–H groups in total. The normalized spacial score (nSPS) is 10.4. The SMILES string of the molecule is CC(C)COCCNC(=O)c1ccc(NN)cn1. The number of ether oxygens (including phenoxy) is 1. The van der Waals surface area contributed by atoms with E-state index < -0.39 is 0 Å². The second-order valence-corrected chi connectivity index (χ2v) is 4.30. The minimum atomic E-state index is -0.216. The number of hydrogen-bond acceptors (Lipinski definition) is 5. The van der Waals surface area contributed by atoms with Crippen LogP contribution in [0.5, 0.6) is 0 Å². The molecule has 0 radical (unpaired) electrons. The van der Waals surface area contributed by atoms with Gasteiger partial charge in [-0.2, -0.15) is 0 Å². The zero-order valence-electron chi connectivity index (χ0n) is 10.8. The predicted molar refractivity (Wildman–Crippen MR) is 70.0 cm³/mol. The third-order valence-corrected chi connectivity index (χ3v) is 2.15. The van der Waals surface area contributed by atoms with E-state index in [-0.39, 0.29) is 5.91 Å². The van der Waals surface area contributed by atoms with Crippen LogP contribution in [0.2, 0.25) is 0 Å². The van der Waals surface area contributed by atoms with Crippen LogP contribution in [0.15, 0.2) is 18.3 Å². The lowest BCUT2D eigenvalue weighted by molar-refractivity contribution is 0.0882. The smallest absolute Gasteiger partial charge is 0.269 e. The summed E-state index contributed by atoms with van der Waals surface area (Å²) in [5, 5.41) is 2.73. The van der Waals surface area contributed by atoms with Crippen molar-refractivity contribution in [3.05, 3.63) is 24.0 Å². The van der Waals surface area contributed by atoms with Crippen LogP contribution < -0.4 is 16.6 Å². The topological polar surface area (TPSA) is 89.3 Å². The van der Waals surface area contributed by atoms with Crippen molar-refractivity contribution in [1.29, 1.82) is 0 Å². The number of hydrazine groups is 1. The number of aromatic nitrogens is 1. The molecule has 1 rings (SSSR count). The first-order valence-corrected chi connectivity index (χ1v) is 5.92. The number of carbonyl (C=O) groups excluding carboxylic acids is 1. The molecular weight excluding hydrogens is 232 g/mol. The fraction of sp³-hybridized carbons (Fsp3) is 0.500. The van der Waals surface area contributed by atoms with E-state index in [1.165, 1.54) is 6.20 Å². The molecule has 0 aliphatic heterocycles. The van der Waals surface area contributed by atoms with Gasteiger partial charge in [0.1, 0.15) is 5.69 Å². The molecule has 0 saturated heterocycles. The molecule has 0 aliphatic carbocycles. The van der Waals surface area contributed by atoms with Gasteiger partial charge >= 0.3 is 0 Å². The van der Waals surface area contributed by atoms with Crippen LogP contribution >= 0.6 is 0 Å². The van der Waals surface area contributed by atoms with E-state index in [2.05, 4.69) is 29.6 Å². The van der Waals surface area contributed by atoms with Crippen molar-refractivity contribution in [2.45, 2.75) is 13.8 Å². The number of hydrogen-bond donors (Lipinski definition) is 3. The van der Waals surface area contributed by atoms with Crippen molar-refractivity contribution < 1.29 is 9.53 Å². The first kappa shape index (κ1) is 14.4. The van der Waals surface area contributed by atoms with E-state index >= 15 is 0 Å². The number of nitrogens with two attached hydrogens (primary N) is 1. The maximum Gasteiger partial charge on any atom is 0.269 e. The molecule has 100 valence electrons. The maximum atomic E-state index is 11.7. The summed E-state index contributed by atoms with van der Waals surface area (Å²) >= 11 is 0. The molecule has 0 unspecified atom stereocenters. The van der Waals surface area contributed by atoms with Gasteiger partial charge in [-0.1, -0.05) is 13.8 Å². The molecule has 1 aromatic heterocycles. The van der Waals surface area contributed by atoms with Crippen LogP contribution in [0.4, 0.5) is 5.69 Å². The van der Waals surface area contributed by atoms with Crippen LogP contribution in [0, 0.1) is 5.92 Å². The number of pyridine rings is 1. The minimum absolute atomic E-state index is 0.216. The molecule has 0 aromatic carbocycles. The summed E-state index contributed by atoms with van der Waals surface area (Å²) in [5.74, 6) is 5.49. The van der Waals surface area contributed by atoms with Crippen molar-refractivity contribution in [3.8, 4) is 0 Å². The van der Waals surface area contributed by atoms with Crippen molar-refractivity contribution in [1.82, 2.24) is 10.3 Å². The van der Waals surface area contributed by atoms with Gasteiger partial charge in [0.15, 0.2) is 0 Å². The Balaban J connectivity index is 2.27. The number of nitrogens with zero attached hydrogens (tertiary/aromatic N) is 1. The molecule has 6 heteroatoms. The largest absolute Gasteiger partial charge is 0.379 e. The second kappa shape index (κ2) is 7.62. The molecule has 1 amide bonds. The third-order valence-electron chi connectivity index (χ3n) is 2.15. The lowest BCUT2D eigenvalue weighted by Crippen LogP contribution is -2.28. The molecule has 0 fully saturated rings. The number of nitrogens with one attached hydrogen (secondary N) is 2. The number of nitrogen functional groups attached to an aromatic ring is 1. The molecule has 0 aliphatic rings. The van der Waals surface area contributed by atoms with Gasteiger partial charge in [-0.15, -0.1) is 0 Å². The molecule has 0 bridgehead atoms. The number of carbonyl (C=O) groups is 1. The van der Waals surface area contributed by atoms with E-state index in [0.29, 0.717) is 37.1 Å². The minimum Gasteiger partial charge on any atom is -0.379 e. The van der Waals surface area contributed by atoms with Crippen LogP contribution in [0.1, 0.15) is 24.3 Å². The van der Waals surface area contributed by atoms with E-state index in [0.717, 1.165) is 0 Å². The van der Waals surface area contributed by atoms with Gasteiger partial charge in [-0.05, 0) is 18.1 Å². The molecule has 0 saturated carbocycles. The summed E-state index contributed by atoms with van der Waals surface area (Å²) in [7, 11) is 0. The molecule has 0 spiro atoms. The van der Waals surface area contributed by atoms with E-state index in [9.17, 15) is 4.79 Å². The number of anilines is 1. The van der Waals surface area contributed by atoms with Crippen LogP contribution in [-0.4, -0.2) is 30.6 Å². The Hall–Kier alpha value is -1.66. The zero-order chi connectivity index (χ0) is 13.4. The van der Waals surface area contributed by atoms with Gasteiger partial charge in [-0.3, -0.25) is 10.6 Å². The fourth-order valence-corrected chi connectivity index (χ4v) is 1.26. The average Bonchev–Trinajstić information content (AvgIpc) is 2.38. The van der Waals surface area contributed by atoms with Crippen LogP contribution in [0.25, 0.3) is 0 Å². The highest BCUT2D eigenvalue weighted by atomic mass is 16.5. The zero-order valence-corrected chi connectivity index (χ0v) is 10.8. The number of rotatable bonds is 7. The highest BCUT2D eigenvalue weighted by molar-refractivity contribution is 5.92. The van der Waals surface area contributed by atoms with E-state index in [4.69, 9.17) is 10.6 Å². The lowest BCUT2D eigenvalue weighted by atomic mass is 10.2. The monoisotopic (exact) mass is 252 g/mol. The Bertz CT molecular complexity index is 365. The molecule has 0 atom stereocenters. The average molecular weight is 252 g/mol. The summed E-state index contributed by atoms with van der Waals surface area (Å²) in [6.45, 7) is 5.84. The fourth-order valence-electron chi connectivity index (χ4n) is 1.26. The van der Waals surface area contributed by atoms with E-state index in [1.54, 1.807) is 12.1 Å². The van der Waals surface area contributed by atoms with Gasteiger partial charge in [0.2, 0.25) is 0 Å². The van der Waals surface area contributed by atoms with Crippen molar-refractivity contribution >= 4 is 11.6 Å². The highest BCUT2D eigenvalue weighted by Gasteiger charge is 2.05. The Morgan fingerprint density at radius 2 is 2.28 bits per heavy atom. The predicted octanol–water partition coefficient (Wildman–Crippen LogP) is 0.770. The van der Waals surface area contributed by atoms with Crippen LogP contribution in [0.3, 0.4) is 0 Å². The maximum absolute atomic E-state index is 11.7. The summed E-state index contributed by atoms with van der Waals surface area (Å²) in [4.78, 5) is 15.6. The molecule has 18 heavy (non-hydrogen) atoms. The quantitative estimate of drug-likeness (QED) is 0.379. The lowest BCUT2D eigenvalue weighted by Gasteiger charge is -2.08. The molecule has 1 aromatic rings. The highest BCUT2D eigenvalue weighted by Crippen LogP contribution is 2.03. The third kappa shape index (κ3) is 5.11. The standard InChI is InChI=1S/C12H20N4O2/c1-9(2)8-18-6-5-14-12(17)11-4-3-10(16-13)7-15-11/h3-4,7,9,16H,5-6,8,13H2,1-2H3,(H,14,17). The summed E-state index contributed by atoms with van der Waals surface area (Å²) in [5.41, 5.74) is 3.47. The number of amides is 1. The summed E-state index contributed by atoms with van der Waals surface area (Å²) in [6.07, 6.45) is 1.50. The molecule has 1 heterocycles.